The third kappa shape index (κ3) is 5.63. The Morgan fingerprint density at radius 2 is 1.90 bits per heavy atom. The number of benzene rings is 1. The maximum absolute atomic E-state index is 12.1. The SMILES string of the molecule is COc1cc(/C=C2\SC(=O)NC2=O)c(N2CCC(NC(=O)OC(C)(C)C)C2)cc1OC. The van der Waals surface area contributed by atoms with Crippen LogP contribution in [0.4, 0.5) is 15.3 Å². The molecule has 168 valence electrons. The fraction of sp³-hybridized carbons (Fsp3) is 0.476. The van der Waals surface area contributed by atoms with Crippen molar-refractivity contribution in [1.29, 1.82) is 0 Å². The van der Waals surface area contributed by atoms with Gasteiger partial charge in [0.25, 0.3) is 11.1 Å². The van der Waals surface area contributed by atoms with Gasteiger partial charge in [-0.2, -0.15) is 0 Å². The molecule has 0 aliphatic carbocycles. The quantitative estimate of drug-likeness (QED) is 0.661. The Kier molecular flexibility index (Phi) is 6.68. The normalized spacial score (nSPS) is 20.1. The molecule has 10 heteroatoms. The average Bonchev–Trinajstić information content (AvgIpc) is 3.25. The van der Waals surface area contributed by atoms with Crippen LogP contribution in [-0.4, -0.2) is 56.2 Å². The first-order valence-electron chi connectivity index (χ1n) is 9.85. The molecule has 1 aromatic carbocycles. The zero-order chi connectivity index (χ0) is 22.8. The number of anilines is 1. The minimum Gasteiger partial charge on any atom is -0.493 e. The van der Waals surface area contributed by atoms with E-state index in [0.717, 1.165) is 23.9 Å². The molecule has 0 spiro atoms. The van der Waals surface area contributed by atoms with Crippen molar-refractivity contribution in [2.24, 2.45) is 0 Å². The number of rotatable bonds is 5. The Morgan fingerprint density at radius 3 is 2.48 bits per heavy atom. The number of nitrogens with zero attached hydrogens (tertiary/aromatic N) is 1. The predicted octanol–water partition coefficient (Wildman–Crippen LogP) is 3.13. The molecule has 0 radical (unpaired) electrons. The number of imide groups is 1. The molecule has 2 fully saturated rings. The summed E-state index contributed by atoms with van der Waals surface area (Å²) in [6.07, 6.45) is 1.94. The first kappa shape index (κ1) is 22.8. The van der Waals surface area contributed by atoms with Crippen LogP contribution < -0.4 is 25.0 Å². The van der Waals surface area contributed by atoms with Crippen LogP contribution in [0.25, 0.3) is 6.08 Å². The topological polar surface area (TPSA) is 106 Å². The lowest BCUT2D eigenvalue weighted by Gasteiger charge is -2.24. The fourth-order valence-electron chi connectivity index (χ4n) is 3.41. The van der Waals surface area contributed by atoms with E-state index in [1.165, 1.54) is 7.11 Å². The third-order valence-corrected chi connectivity index (χ3v) is 5.52. The number of hydrogen-bond donors (Lipinski definition) is 2. The molecule has 2 N–H and O–H groups in total. The molecule has 2 saturated heterocycles. The highest BCUT2D eigenvalue weighted by molar-refractivity contribution is 8.18. The maximum Gasteiger partial charge on any atom is 0.407 e. The number of ether oxygens (including phenoxy) is 3. The minimum absolute atomic E-state index is 0.0887. The molecule has 2 heterocycles. The van der Waals surface area contributed by atoms with Crippen LogP contribution in [0.15, 0.2) is 17.0 Å². The summed E-state index contributed by atoms with van der Waals surface area (Å²) in [6.45, 7) is 6.70. The van der Waals surface area contributed by atoms with Crippen LogP contribution in [0, 0.1) is 0 Å². The molecule has 9 nitrogen and oxygen atoms in total. The lowest BCUT2D eigenvalue weighted by molar-refractivity contribution is -0.115. The Labute approximate surface area is 185 Å². The summed E-state index contributed by atoms with van der Waals surface area (Å²) in [7, 11) is 3.08. The highest BCUT2D eigenvalue weighted by Gasteiger charge is 2.30. The van der Waals surface area contributed by atoms with Crippen molar-refractivity contribution >= 4 is 40.8 Å². The Bertz CT molecular complexity index is 924. The summed E-state index contributed by atoms with van der Waals surface area (Å²) in [5.74, 6) is 0.625. The van der Waals surface area contributed by atoms with Gasteiger partial charge in [-0.1, -0.05) is 0 Å². The second-order valence-corrected chi connectivity index (χ2v) is 9.21. The van der Waals surface area contributed by atoms with Crippen molar-refractivity contribution in [2.45, 2.75) is 38.8 Å². The van der Waals surface area contributed by atoms with Crippen molar-refractivity contribution in [1.82, 2.24) is 10.6 Å². The van der Waals surface area contributed by atoms with Gasteiger partial charge in [-0.15, -0.1) is 0 Å². The smallest absolute Gasteiger partial charge is 0.407 e. The molecule has 0 saturated carbocycles. The van der Waals surface area contributed by atoms with Gasteiger partial charge in [0.2, 0.25) is 0 Å². The lowest BCUT2D eigenvalue weighted by Crippen LogP contribution is -2.40. The summed E-state index contributed by atoms with van der Waals surface area (Å²) in [5, 5.41) is 4.76. The Morgan fingerprint density at radius 1 is 1.23 bits per heavy atom. The molecule has 0 aromatic heterocycles. The molecule has 3 amide bonds. The Balaban J connectivity index is 1.86. The number of amides is 3. The standard InChI is InChI=1S/C21H27N3O6S/c1-21(2,3)30-19(26)22-13-6-7-24(11-13)14-10-16(29-5)15(28-4)8-12(14)9-17-18(25)23-20(27)31-17/h8-10,13H,6-7,11H2,1-5H3,(H,22,26)(H,23,25,27)/b17-9-. The number of hydrogen-bond acceptors (Lipinski definition) is 8. The molecule has 2 aliphatic heterocycles. The van der Waals surface area contributed by atoms with Gasteiger partial charge >= 0.3 is 6.09 Å². The van der Waals surface area contributed by atoms with Crippen molar-refractivity contribution in [3.63, 3.8) is 0 Å². The molecule has 1 aromatic rings. The van der Waals surface area contributed by atoms with Crippen LogP contribution >= 0.6 is 11.8 Å². The first-order chi connectivity index (χ1) is 14.6. The van der Waals surface area contributed by atoms with Crippen molar-refractivity contribution in [3.8, 4) is 11.5 Å². The van der Waals surface area contributed by atoms with Gasteiger partial charge in [-0.05, 0) is 51.1 Å². The van der Waals surface area contributed by atoms with Crippen LogP contribution in [0.1, 0.15) is 32.8 Å². The summed E-state index contributed by atoms with van der Waals surface area (Å²) >= 11 is 0.855. The number of methoxy groups -OCH3 is 2. The second kappa shape index (κ2) is 9.09. The largest absolute Gasteiger partial charge is 0.493 e. The maximum atomic E-state index is 12.1. The summed E-state index contributed by atoms with van der Waals surface area (Å²) in [4.78, 5) is 38.1. The van der Waals surface area contributed by atoms with Gasteiger partial charge in [0.1, 0.15) is 5.60 Å². The van der Waals surface area contributed by atoms with Crippen LogP contribution in [0.5, 0.6) is 11.5 Å². The van der Waals surface area contributed by atoms with E-state index in [0.29, 0.717) is 35.1 Å². The number of alkyl carbamates (subject to hydrolysis) is 1. The lowest BCUT2D eigenvalue weighted by atomic mass is 10.1. The number of carbonyl (C=O) groups is 3. The fourth-order valence-corrected chi connectivity index (χ4v) is 4.08. The number of thioether (sulfide) groups is 1. The van der Waals surface area contributed by atoms with Gasteiger partial charge < -0.3 is 24.4 Å². The van der Waals surface area contributed by atoms with E-state index in [4.69, 9.17) is 14.2 Å². The minimum atomic E-state index is -0.567. The summed E-state index contributed by atoms with van der Waals surface area (Å²) in [5.41, 5.74) is 0.955. The van der Waals surface area contributed by atoms with Gasteiger partial charge in [0, 0.05) is 30.4 Å². The molecule has 0 bridgehead atoms. The monoisotopic (exact) mass is 449 g/mol. The van der Waals surface area contributed by atoms with Crippen molar-refractivity contribution in [3.05, 3.63) is 22.6 Å². The molecule has 1 atom stereocenters. The first-order valence-corrected chi connectivity index (χ1v) is 10.7. The van der Waals surface area contributed by atoms with Gasteiger partial charge in [0.15, 0.2) is 11.5 Å². The van der Waals surface area contributed by atoms with Gasteiger partial charge in [-0.25, -0.2) is 4.79 Å². The van der Waals surface area contributed by atoms with Crippen LogP contribution in [-0.2, 0) is 9.53 Å². The Hall–Kier alpha value is -2.88. The van der Waals surface area contributed by atoms with Gasteiger partial charge in [-0.3, -0.25) is 14.9 Å². The number of carbonyl (C=O) groups excluding carboxylic acids is 3. The van der Waals surface area contributed by atoms with E-state index in [9.17, 15) is 14.4 Å². The van der Waals surface area contributed by atoms with Crippen molar-refractivity contribution in [2.75, 3.05) is 32.2 Å². The van der Waals surface area contributed by atoms with E-state index in [1.807, 2.05) is 26.8 Å². The van der Waals surface area contributed by atoms with Gasteiger partial charge in [0.05, 0.1) is 25.2 Å². The van der Waals surface area contributed by atoms with E-state index in [-0.39, 0.29) is 6.04 Å². The van der Waals surface area contributed by atoms with Crippen LogP contribution in [0.3, 0.4) is 0 Å². The zero-order valence-corrected chi connectivity index (χ0v) is 19.1. The average molecular weight is 450 g/mol. The van der Waals surface area contributed by atoms with E-state index >= 15 is 0 Å². The summed E-state index contributed by atoms with van der Waals surface area (Å²) < 4.78 is 16.2. The third-order valence-electron chi connectivity index (χ3n) is 4.71. The molecular formula is C21H27N3O6S. The second-order valence-electron chi connectivity index (χ2n) is 8.20. The summed E-state index contributed by atoms with van der Waals surface area (Å²) in [6, 6.07) is 3.52. The zero-order valence-electron chi connectivity index (χ0n) is 18.2. The number of nitrogens with one attached hydrogen (secondary N) is 2. The van der Waals surface area contributed by atoms with E-state index < -0.39 is 22.8 Å². The highest BCUT2D eigenvalue weighted by Crippen LogP contribution is 2.39. The highest BCUT2D eigenvalue weighted by atomic mass is 32.2. The van der Waals surface area contributed by atoms with E-state index in [1.54, 1.807) is 19.3 Å². The molecular weight excluding hydrogens is 422 g/mol. The molecule has 1 unspecified atom stereocenters. The molecule has 2 aliphatic rings. The van der Waals surface area contributed by atoms with Crippen LogP contribution in [0.2, 0.25) is 0 Å². The predicted molar refractivity (Wildman–Crippen MR) is 119 cm³/mol. The van der Waals surface area contributed by atoms with E-state index in [2.05, 4.69) is 15.5 Å². The molecule has 3 rings (SSSR count). The molecule has 31 heavy (non-hydrogen) atoms. The van der Waals surface area contributed by atoms with Crippen molar-refractivity contribution < 1.29 is 28.6 Å².